The van der Waals surface area contributed by atoms with E-state index >= 15 is 0 Å². The Hall–Kier alpha value is -1.51. The van der Waals surface area contributed by atoms with Gasteiger partial charge in [-0.3, -0.25) is 0 Å². The summed E-state index contributed by atoms with van der Waals surface area (Å²) in [6.07, 6.45) is 3.90. The molecule has 0 saturated heterocycles. The molecule has 0 aliphatic rings. The molecule has 0 bridgehead atoms. The molecule has 0 aliphatic carbocycles. The molecule has 3 heteroatoms. The van der Waals surface area contributed by atoms with E-state index in [0.29, 0.717) is 6.54 Å². The van der Waals surface area contributed by atoms with Crippen LogP contribution in [0.3, 0.4) is 0 Å². The molecule has 0 radical (unpaired) electrons. The first kappa shape index (κ1) is 10.6. The van der Waals surface area contributed by atoms with Crippen molar-refractivity contribution in [2.24, 2.45) is 0 Å². The second-order valence-corrected chi connectivity index (χ2v) is 2.80. The molecule has 0 aliphatic heterocycles. The second-order valence-electron chi connectivity index (χ2n) is 2.80. The van der Waals surface area contributed by atoms with Gasteiger partial charge in [-0.2, -0.15) is 0 Å². The third-order valence-corrected chi connectivity index (χ3v) is 1.81. The van der Waals surface area contributed by atoms with E-state index in [1.165, 1.54) is 13.2 Å². The van der Waals surface area contributed by atoms with Gasteiger partial charge >= 0.3 is 0 Å². The van der Waals surface area contributed by atoms with Crippen molar-refractivity contribution in [3.05, 3.63) is 36.2 Å². The molecule has 0 amide bonds. The summed E-state index contributed by atoms with van der Waals surface area (Å²) < 4.78 is 18.0. The van der Waals surface area contributed by atoms with Crippen LogP contribution in [0.5, 0.6) is 5.75 Å². The zero-order chi connectivity index (χ0) is 10.4. The topological polar surface area (TPSA) is 21.3 Å². The molecule has 1 rings (SSSR count). The van der Waals surface area contributed by atoms with Crippen LogP contribution in [0.4, 0.5) is 10.1 Å². The van der Waals surface area contributed by atoms with Crippen LogP contribution >= 0.6 is 0 Å². The minimum absolute atomic E-state index is 0.265. The van der Waals surface area contributed by atoms with E-state index in [1.807, 2.05) is 19.1 Å². The predicted molar refractivity (Wildman–Crippen MR) is 56.3 cm³/mol. The number of halogens is 1. The molecular formula is C11H14FNO. The highest BCUT2D eigenvalue weighted by Crippen LogP contribution is 2.20. The number of methoxy groups -OCH3 is 1. The maximum atomic E-state index is 13.2. The first-order valence-electron chi connectivity index (χ1n) is 4.46. The van der Waals surface area contributed by atoms with Crippen molar-refractivity contribution < 1.29 is 9.13 Å². The average molecular weight is 195 g/mol. The molecule has 14 heavy (non-hydrogen) atoms. The van der Waals surface area contributed by atoms with Gasteiger partial charge in [0.1, 0.15) is 0 Å². The molecule has 1 N–H and O–H groups in total. The number of rotatable bonds is 4. The molecule has 1 aromatic rings. The lowest BCUT2D eigenvalue weighted by Gasteiger charge is -2.05. The Morgan fingerprint density at radius 1 is 1.50 bits per heavy atom. The number of allylic oxidation sites excluding steroid dienone is 1. The minimum Gasteiger partial charge on any atom is -0.494 e. The normalized spacial score (nSPS) is 10.5. The predicted octanol–water partition coefficient (Wildman–Crippen LogP) is 2.82. The van der Waals surface area contributed by atoms with Crippen LogP contribution in [-0.4, -0.2) is 13.7 Å². The Labute approximate surface area is 83.4 Å². The van der Waals surface area contributed by atoms with Crippen LogP contribution in [0, 0.1) is 5.82 Å². The smallest absolute Gasteiger partial charge is 0.167 e. The number of ether oxygens (including phenoxy) is 1. The number of nitrogens with one attached hydrogen (secondary N) is 1. The highest BCUT2D eigenvalue weighted by molar-refractivity contribution is 5.47. The summed E-state index contributed by atoms with van der Waals surface area (Å²) in [5.74, 6) is -0.0837. The number of hydrogen-bond acceptors (Lipinski definition) is 2. The van der Waals surface area contributed by atoms with E-state index in [1.54, 1.807) is 12.1 Å². The van der Waals surface area contributed by atoms with Gasteiger partial charge in [-0.05, 0) is 19.1 Å². The Kier molecular flexibility index (Phi) is 3.98. The molecule has 0 fully saturated rings. The molecule has 2 nitrogen and oxygen atoms in total. The third-order valence-electron chi connectivity index (χ3n) is 1.81. The standard InChI is InChI=1S/C11H14FNO/c1-3-4-7-13-9-5-6-11(14-2)10(12)8-9/h3-6,8,13H,7H2,1-2H3/b4-3+. The molecule has 1 aromatic carbocycles. The maximum absolute atomic E-state index is 13.2. The third kappa shape index (κ3) is 2.76. The van der Waals surface area contributed by atoms with Crippen LogP contribution in [-0.2, 0) is 0 Å². The van der Waals surface area contributed by atoms with Gasteiger partial charge in [0.05, 0.1) is 7.11 Å². The van der Waals surface area contributed by atoms with E-state index in [4.69, 9.17) is 4.74 Å². The summed E-state index contributed by atoms with van der Waals surface area (Å²) >= 11 is 0. The first-order chi connectivity index (χ1) is 6.77. The highest BCUT2D eigenvalue weighted by atomic mass is 19.1. The molecular weight excluding hydrogens is 181 g/mol. The van der Waals surface area contributed by atoms with E-state index in [0.717, 1.165) is 5.69 Å². The van der Waals surface area contributed by atoms with Gasteiger partial charge in [-0.15, -0.1) is 0 Å². The molecule has 0 unspecified atom stereocenters. The maximum Gasteiger partial charge on any atom is 0.167 e. The van der Waals surface area contributed by atoms with Crippen LogP contribution in [0.25, 0.3) is 0 Å². The van der Waals surface area contributed by atoms with Crippen LogP contribution < -0.4 is 10.1 Å². The van der Waals surface area contributed by atoms with Crippen molar-refractivity contribution in [2.45, 2.75) is 6.92 Å². The largest absolute Gasteiger partial charge is 0.494 e. The molecule has 0 heterocycles. The van der Waals surface area contributed by atoms with E-state index < -0.39 is 0 Å². The Balaban J connectivity index is 2.66. The Bertz CT molecular complexity index is 323. The van der Waals surface area contributed by atoms with Crippen LogP contribution in [0.1, 0.15) is 6.92 Å². The average Bonchev–Trinajstić information content (AvgIpc) is 2.18. The SMILES string of the molecule is C/C=C/CNc1ccc(OC)c(F)c1. The fourth-order valence-electron chi connectivity index (χ4n) is 1.07. The van der Waals surface area contributed by atoms with Crippen LogP contribution in [0.2, 0.25) is 0 Å². The second kappa shape index (κ2) is 5.27. The van der Waals surface area contributed by atoms with Crippen molar-refractivity contribution in [3.63, 3.8) is 0 Å². The van der Waals surface area contributed by atoms with Gasteiger partial charge in [0, 0.05) is 18.3 Å². The monoisotopic (exact) mass is 195 g/mol. The fraction of sp³-hybridized carbons (Fsp3) is 0.273. The Morgan fingerprint density at radius 3 is 2.86 bits per heavy atom. The zero-order valence-corrected chi connectivity index (χ0v) is 8.38. The summed E-state index contributed by atoms with van der Waals surface area (Å²) in [5, 5.41) is 3.06. The summed E-state index contributed by atoms with van der Waals surface area (Å²) in [6.45, 7) is 2.64. The molecule has 0 spiro atoms. The lowest BCUT2D eigenvalue weighted by molar-refractivity contribution is 0.386. The van der Waals surface area contributed by atoms with Crippen molar-refractivity contribution >= 4 is 5.69 Å². The number of hydrogen-bond donors (Lipinski definition) is 1. The van der Waals surface area contributed by atoms with E-state index in [-0.39, 0.29) is 11.6 Å². The van der Waals surface area contributed by atoms with Gasteiger partial charge in [0.15, 0.2) is 11.6 Å². The highest BCUT2D eigenvalue weighted by Gasteiger charge is 2.01. The molecule has 0 atom stereocenters. The zero-order valence-electron chi connectivity index (χ0n) is 8.38. The molecule has 0 saturated carbocycles. The first-order valence-corrected chi connectivity index (χ1v) is 4.46. The van der Waals surface area contributed by atoms with Gasteiger partial charge in [0.25, 0.3) is 0 Å². The number of anilines is 1. The van der Waals surface area contributed by atoms with E-state index in [2.05, 4.69) is 5.32 Å². The quantitative estimate of drug-likeness (QED) is 0.746. The fourth-order valence-corrected chi connectivity index (χ4v) is 1.07. The van der Waals surface area contributed by atoms with Crippen molar-refractivity contribution in [2.75, 3.05) is 19.0 Å². The summed E-state index contributed by atoms with van der Waals surface area (Å²) in [5.41, 5.74) is 0.751. The van der Waals surface area contributed by atoms with Crippen molar-refractivity contribution in [3.8, 4) is 5.75 Å². The number of benzene rings is 1. The van der Waals surface area contributed by atoms with Crippen molar-refractivity contribution in [1.82, 2.24) is 0 Å². The molecule has 0 aromatic heterocycles. The van der Waals surface area contributed by atoms with Gasteiger partial charge in [-0.25, -0.2) is 4.39 Å². The van der Waals surface area contributed by atoms with Crippen LogP contribution in [0.15, 0.2) is 30.4 Å². The van der Waals surface area contributed by atoms with Gasteiger partial charge < -0.3 is 10.1 Å². The summed E-state index contributed by atoms with van der Waals surface area (Å²) in [6, 6.07) is 4.81. The lowest BCUT2D eigenvalue weighted by atomic mass is 10.3. The summed E-state index contributed by atoms with van der Waals surface area (Å²) in [4.78, 5) is 0. The Morgan fingerprint density at radius 2 is 2.29 bits per heavy atom. The van der Waals surface area contributed by atoms with E-state index in [9.17, 15) is 4.39 Å². The van der Waals surface area contributed by atoms with Crippen molar-refractivity contribution in [1.29, 1.82) is 0 Å². The summed E-state index contributed by atoms with van der Waals surface area (Å²) in [7, 11) is 1.45. The van der Waals surface area contributed by atoms with Gasteiger partial charge in [-0.1, -0.05) is 12.2 Å². The molecule has 76 valence electrons. The minimum atomic E-state index is -0.349. The lowest BCUT2D eigenvalue weighted by Crippen LogP contribution is -1.98. The van der Waals surface area contributed by atoms with Gasteiger partial charge in [0.2, 0.25) is 0 Å².